The maximum atomic E-state index is 12.1. The van der Waals surface area contributed by atoms with Crippen molar-refractivity contribution in [2.75, 3.05) is 38.3 Å². The average Bonchev–Trinajstić information content (AvgIpc) is 2.92. The summed E-state index contributed by atoms with van der Waals surface area (Å²) in [4.78, 5) is 25.2. The van der Waals surface area contributed by atoms with Crippen LogP contribution in [0.4, 0.5) is 0 Å². The van der Waals surface area contributed by atoms with E-state index in [1.54, 1.807) is 31.4 Å². The van der Waals surface area contributed by atoms with Crippen molar-refractivity contribution in [3.05, 3.63) is 24.3 Å². The van der Waals surface area contributed by atoms with Gasteiger partial charge in [0.25, 0.3) is 0 Å². The van der Waals surface area contributed by atoms with E-state index in [4.69, 9.17) is 9.47 Å². The van der Waals surface area contributed by atoms with E-state index in [9.17, 15) is 18.0 Å². The molecule has 1 aliphatic heterocycles. The molecular weight excluding hydrogens is 360 g/mol. The van der Waals surface area contributed by atoms with Crippen LogP contribution in [0.25, 0.3) is 0 Å². The zero-order chi connectivity index (χ0) is 19.2. The Morgan fingerprint density at radius 1 is 1.23 bits per heavy atom. The van der Waals surface area contributed by atoms with E-state index >= 15 is 0 Å². The third kappa shape index (κ3) is 6.21. The molecule has 1 saturated heterocycles. The Balaban J connectivity index is 1.78. The van der Waals surface area contributed by atoms with E-state index < -0.39 is 9.84 Å². The molecule has 0 radical (unpaired) electrons. The topological polar surface area (TPSA) is 102 Å². The maximum Gasteiger partial charge on any atom is 0.239 e. The number of nitrogens with one attached hydrogen (secondary N) is 1. The number of sulfone groups is 1. The molecule has 0 saturated carbocycles. The van der Waals surface area contributed by atoms with E-state index in [0.717, 1.165) is 0 Å². The molecule has 144 valence electrons. The van der Waals surface area contributed by atoms with Crippen molar-refractivity contribution in [3.8, 4) is 11.5 Å². The first-order valence-electron chi connectivity index (χ1n) is 8.31. The predicted octanol–water partition coefficient (Wildman–Crippen LogP) is 0.226. The Morgan fingerprint density at radius 3 is 2.42 bits per heavy atom. The van der Waals surface area contributed by atoms with Crippen LogP contribution in [0, 0.1) is 0 Å². The number of rotatable bonds is 8. The largest absolute Gasteiger partial charge is 0.497 e. The monoisotopic (exact) mass is 384 g/mol. The molecule has 9 heteroatoms. The number of hydrogen-bond acceptors (Lipinski definition) is 6. The normalized spacial score (nSPS) is 18.2. The number of carbonyl (C=O) groups is 2. The van der Waals surface area contributed by atoms with E-state index in [0.29, 0.717) is 17.9 Å². The van der Waals surface area contributed by atoms with Crippen LogP contribution < -0.4 is 14.8 Å². The van der Waals surface area contributed by atoms with Crippen molar-refractivity contribution in [1.29, 1.82) is 0 Å². The van der Waals surface area contributed by atoms with Crippen LogP contribution >= 0.6 is 0 Å². The van der Waals surface area contributed by atoms with E-state index in [2.05, 4.69) is 5.32 Å². The maximum absolute atomic E-state index is 12.1. The molecule has 1 N–H and O–H groups in total. The summed E-state index contributed by atoms with van der Waals surface area (Å²) in [6, 6.07) is 6.66. The second-order valence-corrected chi connectivity index (χ2v) is 8.36. The van der Waals surface area contributed by atoms with Crippen molar-refractivity contribution in [2.24, 2.45) is 0 Å². The number of ether oxygens (including phenoxy) is 2. The summed E-state index contributed by atoms with van der Waals surface area (Å²) in [5.41, 5.74) is 0. The van der Waals surface area contributed by atoms with Crippen LogP contribution in [0.15, 0.2) is 24.3 Å². The molecule has 2 rings (SSSR count). The van der Waals surface area contributed by atoms with Gasteiger partial charge in [-0.15, -0.1) is 0 Å². The van der Waals surface area contributed by atoms with Gasteiger partial charge in [0.05, 0.1) is 31.7 Å². The first kappa shape index (κ1) is 20.0. The molecule has 1 aliphatic rings. The minimum atomic E-state index is -3.06. The highest BCUT2D eigenvalue weighted by Crippen LogP contribution is 2.17. The fourth-order valence-electron chi connectivity index (χ4n) is 2.65. The van der Waals surface area contributed by atoms with E-state index in [1.807, 2.05) is 0 Å². The summed E-state index contributed by atoms with van der Waals surface area (Å²) in [6.45, 7) is 1.73. The summed E-state index contributed by atoms with van der Waals surface area (Å²) in [7, 11) is -1.48. The summed E-state index contributed by atoms with van der Waals surface area (Å²) in [6.07, 6.45) is 0.411. The lowest BCUT2D eigenvalue weighted by molar-refractivity contribution is -0.134. The first-order valence-corrected chi connectivity index (χ1v) is 10.1. The number of amides is 2. The Bertz CT molecular complexity index is 732. The predicted molar refractivity (Wildman–Crippen MR) is 95.9 cm³/mol. The molecule has 1 atom stereocenters. The molecule has 26 heavy (non-hydrogen) atoms. The van der Waals surface area contributed by atoms with Crippen LogP contribution in [0.2, 0.25) is 0 Å². The van der Waals surface area contributed by atoms with Gasteiger partial charge in [0.1, 0.15) is 18.1 Å². The van der Waals surface area contributed by atoms with Gasteiger partial charge in [-0.1, -0.05) is 0 Å². The minimum absolute atomic E-state index is 0.0423. The fraction of sp³-hybridized carbons (Fsp3) is 0.529. The second kappa shape index (κ2) is 8.88. The van der Waals surface area contributed by atoms with Gasteiger partial charge >= 0.3 is 0 Å². The van der Waals surface area contributed by atoms with Crippen molar-refractivity contribution < 1.29 is 27.5 Å². The highest BCUT2D eigenvalue weighted by atomic mass is 32.2. The van der Waals surface area contributed by atoms with Crippen molar-refractivity contribution in [1.82, 2.24) is 10.2 Å². The lowest BCUT2D eigenvalue weighted by atomic mass is 10.2. The molecular formula is C17H24N2O6S. The molecule has 0 aromatic heterocycles. The van der Waals surface area contributed by atoms with Crippen LogP contribution in [0.1, 0.15) is 13.3 Å². The molecule has 0 bridgehead atoms. The molecule has 1 unspecified atom stereocenters. The number of hydrogen-bond donors (Lipinski definition) is 1. The number of carbonyl (C=O) groups excluding carboxylic acids is 2. The third-order valence-corrected chi connectivity index (χ3v) is 5.83. The summed E-state index contributed by atoms with van der Waals surface area (Å²) >= 11 is 0. The smallest absolute Gasteiger partial charge is 0.239 e. The SMILES string of the molecule is COc1ccc(OCCN(CC(=O)NC2CCS(=O)(=O)C2)C(C)=O)cc1. The van der Waals surface area contributed by atoms with Gasteiger partial charge < -0.3 is 19.7 Å². The standard InChI is InChI=1S/C17H24N2O6S/c1-13(20)19(8-9-25-16-5-3-15(24-2)4-6-16)11-17(21)18-14-7-10-26(22,23)12-14/h3-6,14H,7-12H2,1-2H3,(H,18,21). The molecule has 1 aromatic carbocycles. The summed E-state index contributed by atoms with van der Waals surface area (Å²) in [5, 5.41) is 2.67. The van der Waals surface area contributed by atoms with Crippen LogP contribution in [-0.2, 0) is 19.4 Å². The number of nitrogens with zero attached hydrogens (tertiary/aromatic N) is 1. The molecule has 0 spiro atoms. The molecule has 8 nitrogen and oxygen atoms in total. The van der Waals surface area contributed by atoms with Crippen LogP contribution in [-0.4, -0.2) is 69.5 Å². The molecule has 1 fully saturated rings. The van der Waals surface area contributed by atoms with Gasteiger partial charge in [0.2, 0.25) is 11.8 Å². The van der Waals surface area contributed by atoms with Crippen LogP contribution in [0.5, 0.6) is 11.5 Å². The highest BCUT2D eigenvalue weighted by Gasteiger charge is 2.29. The zero-order valence-corrected chi connectivity index (χ0v) is 15.8. The third-order valence-electron chi connectivity index (χ3n) is 4.07. The first-order chi connectivity index (χ1) is 12.3. The van der Waals surface area contributed by atoms with Crippen LogP contribution in [0.3, 0.4) is 0 Å². The Labute approximate surface area is 153 Å². The average molecular weight is 384 g/mol. The Kier molecular flexibility index (Phi) is 6.84. The van der Waals surface area contributed by atoms with Gasteiger partial charge in [0.15, 0.2) is 9.84 Å². The van der Waals surface area contributed by atoms with Gasteiger partial charge in [-0.25, -0.2) is 8.42 Å². The summed E-state index contributed by atoms with van der Waals surface area (Å²) < 4.78 is 33.5. The van der Waals surface area contributed by atoms with E-state index in [1.165, 1.54) is 11.8 Å². The number of benzene rings is 1. The molecule has 1 heterocycles. The zero-order valence-electron chi connectivity index (χ0n) is 14.9. The molecule has 2 amide bonds. The van der Waals surface area contributed by atoms with Gasteiger partial charge in [-0.3, -0.25) is 9.59 Å². The minimum Gasteiger partial charge on any atom is -0.497 e. The number of methoxy groups -OCH3 is 1. The lowest BCUT2D eigenvalue weighted by Crippen LogP contribution is -2.45. The molecule has 1 aromatic rings. The molecule has 0 aliphatic carbocycles. The fourth-order valence-corrected chi connectivity index (χ4v) is 4.32. The van der Waals surface area contributed by atoms with Crippen molar-refractivity contribution in [3.63, 3.8) is 0 Å². The van der Waals surface area contributed by atoms with Gasteiger partial charge in [-0.2, -0.15) is 0 Å². The van der Waals surface area contributed by atoms with Crippen molar-refractivity contribution >= 4 is 21.7 Å². The quantitative estimate of drug-likeness (QED) is 0.688. The highest BCUT2D eigenvalue weighted by molar-refractivity contribution is 7.91. The van der Waals surface area contributed by atoms with E-state index in [-0.39, 0.29) is 49.1 Å². The Morgan fingerprint density at radius 2 is 1.88 bits per heavy atom. The van der Waals surface area contributed by atoms with Gasteiger partial charge in [-0.05, 0) is 30.7 Å². The second-order valence-electron chi connectivity index (χ2n) is 6.13. The van der Waals surface area contributed by atoms with Gasteiger partial charge in [0, 0.05) is 13.0 Å². The lowest BCUT2D eigenvalue weighted by Gasteiger charge is -2.21. The summed E-state index contributed by atoms with van der Waals surface area (Å²) in [5.74, 6) is 0.774. The Hall–Kier alpha value is -2.29. The van der Waals surface area contributed by atoms with Crippen molar-refractivity contribution in [2.45, 2.75) is 19.4 Å².